The Hall–Kier alpha value is -5.22. The lowest BCUT2D eigenvalue weighted by atomic mass is 9.84. The molecule has 0 spiro atoms. The van der Waals surface area contributed by atoms with Gasteiger partial charge in [0, 0.05) is 28.4 Å². The van der Waals surface area contributed by atoms with Crippen LogP contribution in [0.1, 0.15) is 58.2 Å². The molecule has 234 valence electrons. The van der Waals surface area contributed by atoms with E-state index >= 15 is 0 Å². The van der Waals surface area contributed by atoms with Crippen LogP contribution in [0.2, 0.25) is 0 Å². The fourth-order valence-electron chi connectivity index (χ4n) is 6.46. The molecule has 0 saturated heterocycles. The summed E-state index contributed by atoms with van der Waals surface area (Å²) in [6, 6.07) is 38.0. The van der Waals surface area contributed by atoms with E-state index in [9.17, 15) is 5.11 Å². The number of para-hydroxylation sites is 1. The van der Waals surface area contributed by atoms with Crippen LogP contribution in [0.25, 0.3) is 61.3 Å². The van der Waals surface area contributed by atoms with E-state index < -0.39 is 0 Å². The van der Waals surface area contributed by atoms with Crippen molar-refractivity contribution in [3.63, 3.8) is 0 Å². The second kappa shape index (κ2) is 11.2. The fourth-order valence-corrected chi connectivity index (χ4v) is 6.46. The predicted octanol–water partition coefficient (Wildman–Crippen LogP) is 11.2. The highest BCUT2D eigenvalue weighted by Gasteiger charge is 2.24. The molecule has 2 heterocycles. The zero-order valence-corrected chi connectivity index (χ0v) is 28.3. The molecule has 0 bridgehead atoms. The summed E-state index contributed by atoms with van der Waals surface area (Å²) in [5, 5.41) is 12.4. The lowest BCUT2D eigenvalue weighted by molar-refractivity contribution is 0.475. The van der Waals surface area contributed by atoms with Crippen LogP contribution in [0.3, 0.4) is 0 Å². The third kappa shape index (κ3) is 5.48. The van der Waals surface area contributed by atoms with Crippen molar-refractivity contribution < 1.29 is 5.11 Å². The normalized spacial score (nSPS) is 12.2. The monoisotopic (exact) mass is 615 g/mol. The zero-order chi connectivity index (χ0) is 33.1. The third-order valence-electron chi connectivity index (χ3n) is 9.18. The quantitative estimate of drug-likeness (QED) is 0.214. The fraction of sp³-hybridized carbons (Fsp3) is 0.209. The van der Waals surface area contributed by atoms with Crippen LogP contribution in [-0.2, 0) is 10.8 Å². The summed E-state index contributed by atoms with van der Waals surface area (Å²) in [6.07, 6.45) is 1.87. The van der Waals surface area contributed by atoms with E-state index in [0.717, 1.165) is 66.8 Å². The number of fused-ring (bicyclic) bond motifs is 2. The summed E-state index contributed by atoms with van der Waals surface area (Å²) in [6.45, 7) is 15.5. The first-order valence-corrected chi connectivity index (χ1v) is 16.3. The van der Waals surface area contributed by atoms with E-state index in [1.807, 2.05) is 36.5 Å². The third-order valence-corrected chi connectivity index (χ3v) is 9.18. The zero-order valence-electron chi connectivity index (χ0n) is 28.3. The molecule has 0 aliphatic carbocycles. The number of hydrogen-bond acceptors (Lipinski definition) is 3. The number of aromatic hydroxyl groups is 1. The average molecular weight is 616 g/mol. The van der Waals surface area contributed by atoms with Crippen molar-refractivity contribution in [2.24, 2.45) is 0 Å². The Bertz CT molecular complexity index is 2280. The van der Waals surface area contributed by atoms with Gasteiger partial charge in [-0.2, -0.15) is 0 Å². The highest BCUT2D eigenvalue weighted by molar-refractivity contribution is 6.00. The minimum absolute atomic E-state index is 0.00393. The number of phenols is 1. The summed E-state index contributed by atoms with van der Waals surface area (Å²) in [5.41, 5.74) is 12.4. The summed E-state index contributed by atoms with van der Waals surface area (Å²) < 4.78 is 2.20. The van der Waals surface area contributed by atoms with Gasteiger partial charge in [0.05, 0.1) is 22.1 Å². The smallest absolute Gasteiger partial charge is 0.149 e. The molecule has 2 aromatic heterocycles. The number of hydrogen-bond donors (Lipinski definition) is 1. The molecule has 0 radical (unpaired) electrons. The van der Waals surface area contributed by atoms with Crippen LogP contribution in [0.5, 0.6) is 5.75 Å². The van der Waals surface area contributed by atoms with Gasteiger partial charge in [0.1, 0.15) is 11.6 Å². The standard InChI is InChI=1S/C43H41N3O/c1-27-18-20-34(28-13-11-14-29(23-28)35-26-32(43(5,6)7)24-30-15-12-22-44-38(30)35)39-40(27)46(33-16-9-8-10-17-33)41(45-39)36-25-31(42(2,3)4)19-21-37(36)47/h8-26,47H,1-7H3. The van der Waals surface area contributed by atoms with E-state index in [1.165, 1.54) is 5.56 Å². The van der Waals surface area contributed by atoms with E-state index in [0.29, 0.717) is 5.56 Å². The molecule has 0 atom stereocenters. The van der Waals surface area contributed by atoms with Crippen LogP contribution < -0.4 is 0 Å². The Kier molecular flexibility index (Phi) is 7.28. The molecule has 1 N–H and O–H groups in total. The van der Waals surface area contributed by atoms with Crippen molar-refractivity contribution in [2.75, 3.05) is 0 Å². The van der Waals surface area contributed by atoms with Gasteiger partial charge in [-0.05, 0) is 94.1 Å². The first-order chi connectivity index (χ1) is 22.4. The van der Waals surface area contributed by atoms with Crippen molar-refractivity contribution in [3.8, 4) is 45.1 Å². The van der Waals surface area contributed by atoms with Crippen molar-refractivity contribution in [2.45, 2.75) is 59.3 Å². The minimum Gasteiger partial charge on any atom is -0.507 e. The molecular formula is C43H41N3O. The van der Waals surface area contributed by atoms with E-state index in [1.54, 1.807) is 6.07 Å². The predicted molar refractivity (Wildman–Crippen MR) is 196 cm³/mol. The maximum absolute atomic E-state index is 11.3. The Morgan fingerprint density at radius 2 is 1.30 bits per heavy atom. The first kappa shape index (κ1) is 30.4. The highest BCUT2D eigenvalue weighted by atomic mass is 16.3. The molecule has 0 aliphatic rings. The number of nitrogens with zero attached hydrogens (tertiary/aromatic N) is 3. The lowest BCUT2D eigenvalue weighted by Gasteiger charge is -2.21. The van der Waals surface area contributed by atoms with Crippen LogP contribution in [0.4, 0.5) is 0 Å². The van der Waals surface area contributed by atoms with Gasteiger partial charge in [-0.1, -0.05) is 102 Å². The first-order valence-electron chi connectivity index (χ1n) is 16.3. The molecule has 47 heavy (non-hydrogen) atoms. The average Bonchev–Trinajstić information content (AvgIpc) is 3.45. The molecule has 0 aliphatic heterocycles. The SMILES string of the molecule is Cc1ccc(-c2cccc(-c3cc(C(C)(C)C)cc4cccnc34)c2)c2nc(-c3cc(C(C)(C)C)ccc3O)n(-c3ccccc3)c12. The van der Waals surface area contributed by atoms with Crippen LogP contribution >= 0.6 is 0 Å². The van der Waals surface area contributed by atoms with E-state index in [4.69, 9.17) is 9.97 Å². The molecule has 0 saturated carbocycles. The summed E-state index contributed by atoms with van der Waals surface area (Å²) in [7, 11) is 0. The number of aromatic nitrogens is 3. The number of benzene rings is 5. The Balaban J connectivity index is 1.49. The molecule has 4 heteroatoms. The molecule has 0 fully saturated rings. The number of phenolic OH excluding ortho intramolecular Hbond substituents is 1. The molecule has 7 aromatic rings. The number of pyridine rings is 1. The number of imidazole rings is 1. The lowest BCUT2D eigenvalue weighted by Crippen LogP contribution is -2.11. The second-order valence-electron chi connectivity index (χ2n) is 14.6. The van der Waals surface area contributed by atoms with Gasteiger partial charge in [0.25, 0.3) is 0 Å². The number of aryl methyl sites for hydroxylation is 1. The van der Waals surface area contributed by atoms with Crippen molar-refractivity contribution in [3.05, 3.63) is 132 Å². The van der Waals surface area contributed by atoms with Crippen LogP contribution in [0, 0.1) is 6.92 Å². The van der Waals surface area contributed by atoms with Gasteiger partial charge in [-0.15, -0.1) is 0 Å². The van der Waals surface area contributed by atoms with Crippen molar-refractivity contribution >= 4 is 21.9 Å². The van der Waals surface area contributed by atoms with Crippen molar-refractivity contribution in [1.82, 2.24) is 14.5 Å². The molecule has 0 unspecified atom stereocenters. The van der Waals surface area contributed by atoms with Gasteiger partial charge in [-0.25, -0.2) is 4.98 Å². The Morgan fingerprint density at radius 1 is 0.596 bits per heavy atom. The minimum atomic E-state index is -0.0864. The summed E-state index contributed by atoms with van der Waals surface area (Å²) in [4.78, 5) is 10.2. The summed E-state index contributed by atoms with van der Waals surface area (Å²) >= 11 is 0. The highest BCUT2D eigenvalue weighted by Crippen LogP contribution is 2.41. The van der Waals surface area contributed by atoms with Gasteiger partial charge in [0.15, 0.2) is 0 Å². The molecular weight excluding hydrogens is 574 g/mol. The Labute approximate surface area is 277 Å². The maximum Gasteiger partial charge on any atom is 0.149 e. The molecule has 7 rings (SSSR count). The molecule has 5 aromatic carbocycles. The van der Waals surface area contributed by atoms with Gasteiger partial charge in [-0.3, -0.25) is 9.55 Å². The van der Waals surface area contributed by atoms with Gasteiger partial charge >= 0.3 is 0 Å². The summed E-state index contributed by atoms with van der Waals surface area (Å²) in [5.74, 6) is 0.930. The largest absolute Gasteiger partial charge is 0.507 e. The van der Waals surface area contributed by atoms with Crippen molar-refractivity contribution in [1.29, 1.82) is 0 Å². The second-order valence-corrected chi connectivity index (χ2v) is 14.6. The van der Waals surface area contributed by atoms with Crippen LogP contribution in [-0.4, -0.2) is 19.6 Å². The maximum atomic E-state index is 11.3. The Morgan fingerprint density at radius 3 is 2.02 bits per heavy atom. The van der Waals surface area contributed by atoms with Gasteiger partial charge < -0.3 is 5.11 Å². The number of rotatable bonds is 4. The molecule has 0 amide bonds. The van der Waals surface area contributed by atoms with E-state index in [2.05, 4.69) is 126 Å². The van der Waals surface area contributed by atoms with Crippen LogP contribution in [0.15, 0.2) is 115 Å². The topological polar surface area (TPSA) is 50.9 Å². The van der Waals surface area contributed by atoms with E-state index in [-0.39, 0.29) is 16.6 Å². The molecule has 4 nitrogen and oxygen atoms in total. The van der Waals surface area contributed by atoms with Gasteiger partial charge in [0.2, 0.25) is 0 Å².